The van der Waals surface area contributed by atoms with Crippen LogP contribution >= 0.6 is 0 Å². The fourth-order valence-electron chi connectivity index (χ4n) is 2.55. The average Bonchev–Trinajstić information content (AvgIpc) is 2.98. The van der Waals surface area contributed by atoms with E-state index in [9.17, 15) is 13.2 Å². The van der Waals surface area contributed by atoms with Gasteiger partial charge in [0.1, 0.15) is 0 Å². The van der Waals surface area contributed by atoms with Gasteiger partial charge in [-0.1, -0.05) is 18.2 Å². The number of aromatic amines is 1. The summed E-state index contributed by atoms with van der Waals surface area (Å²) >= 11 is 0. The molecule has 25 heavy (non-hydrogen) atoms. The quantitative estimate of drug-likeness (QED) is 0.560. The summed E-state index contributed by atoms with van der Waals surface area (Å²) in [5.41, 5.74) is 2.68. The van der Waals surface area contributed by atoms with Crippen molar-refractivity contribution in [3.05, 3.63) is 60.3 Å². The van der Waals surface area contributed by atoms with Gasteiger partial charge < -0.3 is 15.6 Å². The Labute approximate surface area is 145 Å². The van der Waals surface area contributed by atoms with Crippen LogP contribution in [0, 0.1) is 0 Å². The van der Waals surface area contributed by atoms with Crippen molar-refractivity contribution in [3.63, 3.8) is 0 Å². The number of carbonyl (C=O) groups excluding carboxylic acids is 1. The molecule has 0 saturated heterocycles. The Morgan fingerprint density at radius 2 is 1.80 bits per heavy atom. The second kappa shape index (κ2) is 6.96. The number of fused-ring (bicyclic) bond motifs is 1. The third-order valence-corrected chi connectivity index (χ3v) is 4.72. The van der Waals surface area contributed by atoms with Gasteiger partial charge in [-0.25, -0.2) is 18.4 Å². The van der Waals surface area contributed by atoms with E-state index in [4.69, 9.17) is 5.14 Å². The van der Waals surface area contributed by atoms with Crippen LogP contribution in [0.15, 0.2) is 59.6 Å². The number of aromatic nitrogens is 1. The molecule has 1 aromatic heterocycles. The standard InChI is InChI=1S/C17H18N4O3S/c18-25(23,24)14-7-5-13(6-8-14)21-17(22)19-10-9-12-11-20-16-4-2-1-3-15(12)16/h1-8,11,20H,9-10H2,(H2,18,23,24)(H2,19,21,22). The smallest absolute Gasteiger partial charge is 0.319 e. The number of anilines is 1. The Bertz CT molecular complexity index is 994. The molecule has 0 aliphatic heterocycles. The van der Waals surface area contributed by atoms with E-state index in [1.165, 1.54) is 24.3 Å². The van der Waals surface area contributed by atoms with Gasteiger partial charge in [-0.15, -0.1) is 0 Å². The molecule has 3 rings (SSSR count). The molecular weight excluding hydrogens is 340 g/mol. The highest BCUT2D eigenvalue weighted by atomic mass is 32.2. The lowest BCUT2D eigenvalue weighted by molar-refractivity contribution is 0.252. The van der Waals surface area contributed by atoms with Gasteiger partial charge in [0.15, 0.2) is 0 Å². The third kappa shape index (κ3) is 4.17. The normalized spacial score (nSPS) is 11.4. The van der Waals surface area contributed by atoms with Gasteiger partial charge in [0.2, 0.25) is 10.0 Å². The fourth-order valence-corrected chi connectivity index (χ4v) is 3.07. The zero-order chi connectivity index (χ0) is 17.9. The predicted molar refractivity (Wildman–Crippen MR) is 96.8 cm³/mol. The van der Waals surface area contributed by atoms with Gasteiger partial charge >= 0.3 is 6.03 Å². The SMILES string of the molecule is NS(=O)(=O)c1ccc(NC(=O)NCCc2c[nH]c3ccccc23)cc1. The van der Waals surface area contributed by atoms with E-state index in [1.54, 1.807) is 0 Å². The average molecular weight is 358 g/mol. The molecule has 0 saturated carbocycles. The molecule has 5 N–H and O–H groups in total. The topological polar surface area (TPSA) is 117 Å². The molecule has 0 radical (unpaired) electrons. The summed E-state index contributed by atoms with van der Waals surface area (Å²) in [5, 5.41) is 11.6. The molecule has 0 spiro atoms. The van der Waals surface area contributed by atoms with Gasteiger partial charge in [-0.2, -0.15) is 0 Å². The zero-order valence-electron chi connectivity index (χ0n) is 13.3. The first kappa shape index (κ1) is 17.0. The summed E-state index contributed by atoms with van der Waals surface area (Å²) in [7, 11) is -3.74. The number of amides is 2. The lowest BCUT2D eigenvalue weighted by atomic mass is 10.1. The van der Waals surface area contributed by atoms with E-state index >= 15 is 0 Å². The van der Waals surface area contributed by atoms with Crippen molar-refractivity contribution in [3.8, 4) is 0 Å². The lowest BCUT2D eigenvalue weighted by Gasteiger charge is -2.08. The molecule has 0 bridgehead atoms. The number of sulfonamides is 1. The van der Waals surface area contributed by atoms with Gasteiger partial charge in [-0.05, 0) is 42.3 Å². The van der Waals surface area contributed by atoms with Crippen molar-refractivity contribution < 1.29 is 13.2 Å². The van der Waals surface area contributed by atoms with Crippen LogP contribution in [-0.2, 0) is 16.4 Å². The van der Waals surface area contributed by atoms with Gasteiger partial charge in [0, 0.05) is 29.3 Å². The number of rotatable bonds is 5. The Kier molecular flexibility index (Phi) is 4.73. The number of hydrogen-bond acceptors (Lipinski definition) is 3. The van der Waals surface area contributed by atoms with Crippen LogP contribution in [0.2, 0.25) is 0 Å². The number of carbonyl (C=O) groups is 1. The van der Waals surface area contributed by atoms with Crippen LogP contribution in [0.4, 0.5) is 10.5 Å². The molecule has 1 heterocycles. The van der Waals surface area contributed by atoms with Crippen LogP contribution in [-0.4, -0.2) is 26.0 Å². The number of nitrogens with two attached hydrogens (primary N) is 1. The van der Waals surface area contributed by atoms with Crippen molar-refractivity contribution in [2.75, 3.05) is 11.9 Å². The van der Waals surface area contributed by atoms with Crippen LogP contribution in [0.5, 0.6) is 0 Å². The number of hydrogen-bond donors (Lipinski definition) is 4. The largest absolute Gasteiger partial charge is 0.361 e. The highest BCUT2D eigenvalue weighted by Crippen LogP contribution is 2.17. The summed E-state index contributed by atoms with van der Waals surface area (Å²) in [6, 6.07) is 13.3. The van der Waals surface area contributed by atoms with E-state index in [0.29, 0.717) is 18.7 Å². The third-order valence-electron chi connectivity index (χ3n) is 3.80. The first-order valence-electron chi connectivity index (χ1n) is 7.66. The Balaban J connectivity index is 1.53. The van der Waals surface area contributed by atoms with Crippen LogP contribution in [0.1, 0.15) is 5.56 Å². The number of primary sulfonamides is 1. The molecule has 8 heteroatoms. The first-order chi connectivity index (χ1) is 11.9. The highest BCUT2D eigenvalue weighted by molar-refractivity contribution is 7.89. The van der Waals surface area contributed by atoms with E-state index < -0.39 is 10.0 Å². The minimum atomic E-state index is -3.74. The van der Waals surface area contributed by atoms with Crippen molar-refractivity contribution in [2.24, 2.45) is 5.14 Å². The first-order valence-corrected chi connectivity index (χ1v) is 9.21. The number of nitrogens with one attached hydrogen (secondary N) is 3. The molecule has 0 aliphatic carbocycles. The fraction of sp³-hybridized carbons (Fsp3) is 0.118. The zero-order valence-corrected chi connectivity index (χ0v) is 14.1. The summed E-state index contributed by atoms with van der Waals surface area (Å²) < 4.78 is 22.4. The molecule has 0 unspecified atom stereocenters. The summed E-state index contributed by atoms with van der Waals surface area (Å²) in [4.78, 5) is 15.1. The van der Waals surface area contributed by atoms with Gasteiger partial charge in [-0.3, -0.25) is 0 Å². The monoisotopic (exact) mass is 358 g/mol. The van der Waals surface area contributed by atoms with Crippen molar-refractivity contribution in [1.82, 2.24) is 10.3 Å². The minimum Gasteiger partial charge on any atom is -0.361 e. The molecule has 130 valence electrons. The van der Waals surface area contributed by atoms with Gasteiger partial charge in [0.25, 0.3) is 0 Å². The molecular formula is C17H18N4O3S. The van der Waals surface area contributed by atoms with Crippen molar-refractivity contribution in [2.45, 2.75) is 11.3 Å². The summed E-state index contributed by atoms with van der Waals surface area (Å²) in [5.74, 6) is 0. The summed E-state index contributed by atoms with van der Waals surface area (Å²) in [6.45, 7) is 0.475. The Morgan fingerprint density at radius 1 is 1.08 bits per heavy atom. The maximum Gasteiger partial charge on any atom is 0.319 e. The second-order valence-electron chi connectivity index (χ2n) is 5.56. The molecule has 3 aromatic rings. The summed E-state index contributed by atoms with van der Waals surface area (Å²) in [6.07, 6.45) is 2.64. The van der Waals surface area contributed by atoms with Crippen LogP contribution < -0.4 is 15.8 Å². The number of benzene rings is 2. The molecule has 0 aliphatic rings. The van der Waals surface area contributed by atoms with E-state index in [2.05, 4.69) is 15.6 Å². The predicted octanol–water partition coefficient (Wildman–Crippen LogP) is 2.18. The molecule has 2 aromatic carbocycles. The van der Waals surface area contributed by atoms with E-state index in [0.717, 1.165) is 16.5 Å². The number of para-hydroxylation sites is 1. The van der Waals surface area contributed by atoms with Gasteiger partial charge in [0.05, 0.1) is 4.90 Å². The maximum absolute atomic E-state index is 11.9. The maximum atomic E-state index is 11.9. The number of urea groups is 1. The minimum absolute atomic E-state index is 0.00204. The molecule has 7 nitrogen and oxygen atoms in total. The van der Waals surface area contributed by atoms with Crippen molar-refractivity contribution >= 4 is 32.6 Å². The molecule has 0 fully saturated rings. The van der Waals surface area contributed by atoms with E-state index in [1.807, 2.05) is 30.5 Å². The molecule has 2 amide bonds. The number of H-pyrrole nitrogens is 1. The highest BCUT2D eigenvalue weighted by Gasteiger charge is 2.08. The lowest BCUT2D eigenvalue weighted by Crippen LogP contribution is -2.30. The van der Waals surface area contributed by atoms with Crippen LogP contribution in [0.25, 0.3) is 10.9 Å². The Morgan fingerprint density at radius 3 is 2.52 bits per heavy atom. The van der Waals surface area contributed by atoms with E-state index in [-0.39, 0.29) is 10.9 Å². The van der Waals surface area contributed by atoms with Crippen LogP contribution in [0.3, 0.4) is 0 Å². The Hall–Kier alpha value is -2.84. The second-order valence-corrected chi connectivity index (χ2v) is 7.12. The molecule has 0 atom stereocenters. The van der Waals surface area contributed by atoms with Crippen molar-refractivity contribution in [1.29, 1.82) is 0 Å².